The summed E-state index contributed by atoms with van der Waals surface area (Å²) < 4.78 is 29.4. The quantitative estimate of drug-likeness (QED) is 0.691. The lowest BCUT2D eigenvalue weighted by atomic mass is 10.0. The molecule has 0 bridgehead atoms. The molecule has 0 saturated carbocycles. The minimum atomic E-state index is -3.31. The largest absolute Gasteiger partial charge is 0.385 e. The Labute approximate surface area is 109 Å². The van der Waals surface area contributed by atoms with E-state index in [0.29, 0.717) is 26.1 Å². The molecule has 0 aromatic heterocycles. The maximum atomic E-state index is 12.0. The molecule has 1 aliphatic heterocycles. The SMILES string of the molecule is COCCCNC(=O)C1CCCCN1S(C)(=O)=O. The van der Waals surface area contributed by atoms with Crippen LogP contribution >= 0.6 is 0 Å². The van der Waals surface area contributed by atoms with E-state index in [1.54, 1.807) is 7.11 Å². The topological polar surface area (TPSA) is 75.7 Å². The Hall–Kier alpha value is -0.660. The highest BCUT2D eigenvalue weighted by Gasteiger charge is 2.33. The Bertz CT molecular complexity index is 369. The van der Waals surface area contributed by atoms with E-state index in [1.807, 2.05) is 0 Å². The van der Waals surface area contributed by atoms with Crippen molar-refractivity contribution in [2.24, 2.45) is 0 Å². The first-order valence-electron chi connectivity index (χ1n) is 6.20. The van der Waals surface area contributed by atoms with Gasteiger partial charge in [-0.05, 0) is 19.3 Å². The summed E-state index contributed by atoms with van der Waals surface area (Å²) in [5, 5.41) is 2.76. The van der Waals surface area contributed by atoms with E-state index in [-0.39, 0.29) is 5.91 Å². The fourth-order valence-corrected chi connectivity index (χ4v) is 3.23. The van der Waals surface area contributed by atoms with Crippen molar-refractivity contribution in [2.45, 2.75) is 31.7 Å². The van der Waals surface area contributed by atoms with Crippen LogP contribution in [-0.4, -0.2) is 57.7 Å². The molecule has 0 aromatic carbocycles. The van der Waals surface area contributed by atoms with Crippen molar-refractivity contribution < 1.29 is 17.9 Å². The highest BCUT2D eigenvalue weighted by atomic mass is 32.2. The van der Waals surface area contributed by atoms with E-state index >= 15 is 0 Å². The summed E-state index contributed by atoms with van der Waals surface area (Å²) in [6, 6.07) is -0.545. The lowest BCUT2D eigenvalue weighted by Gasteiger charge is -2.32. The van der Waals surface area contributed by atoms with Gasteiger partial charge in [-0.1, -0.05) is 6.42 Å². The molecule has 0 radical (unpaired) electrons. The van der Waals surface area contributed by atoms with E-state index < -0.39 is 16.1 Å². The zero-order chi connectivity index (χ0) is 13.6. The van der Waals surface area contributed by atoms with Gasteiger partial charge >= 0.3 is 0 Å². The standard InChI is InChI=1S/C11H22N2O4S/c1-17-9-5-7-12-11(14)10-6-3-4-8-13(10)18(2,15)16/h10H,3-9H2,1-2H3,(H,12,14). The molecule has 1 atom stereocenters. The maximum absolute atomic E-state index is 12.0. The normalized spacial score (nSPS) is 21.8. The first-order valence-corrected chi connectivity index (χ1v) is 8.05. The molecule has 7 heteroatoms. The van der Waals surface area contributed by atoms with Gasteiger partial charge in [0.05, 0.1) is 6.26 Å². The molecule has 6 nitrogen and oxygen atoms in total. The lowest BCUT2D eigenvalue weighted by molar-refractivity contribution is -0.125. The van der Waals surface area contributed by atoms with Gasteiger partial charge in [-0.3, -0.25) is 4.79 Å². The van der Waals surface area contributed by atoms with Crippen LogP contribution in [0.5, 0.6) is 0 Å². The molecule has 1 fully saturated rings. The van der Waals surface area contributed by atoms with Crippen molar-refractivity contribution in [1.82, 2.24) is 9.62 Å². The van der Waals surface area contributed by atoms with Gasteiger partial charge in [0, 0.05) is 26.8 Å². The Morgan fingerprint density at radius 2 is 2.17 bits per heavy atom. The summed E-state index contributed by atoms with van der Waals surface area (Å²) in [4.78, 5) is 12.0. The maximum Gasteiger partial charge on any atom is 0.238 e. The van der Waals surface area contributed by atoms with Crippen LogP contribution in [0.4, 0.5) is 0 Å². The third-order valence-corrected chi connectivity index (χ3v) is 4.30. The number of hydrogen-bond donors (Lipinski definition) is 1. The van der Waals surface area contributed by atoms with Crippen LogP contribution < -0.4 is 5.32 Å². The second-order valence-corrected chi connectivity index (χ2v) is 6.46. The van der Waals surface area contributed by atoms with E-state index in [9.17, 15) is 13.2 Å². The number of amides is 1. The Kier molecular flexibility index (Phi) is 6.04. The Morgan fingerprint density at radius 1 is 1.44 bits per heavy atom. The van der Waals surface area contributed by atoms with Crippen molar-refractivity contribution in [2.75, 3.05) is 33.1 Å². The fourth-order valence-electron chi connectivity index (χ4n) is 2.11. The van der Waals surface area contributed by atoms with Gasteiger partial charge < -0.3 is 10.1 Å². The Balaban J connectivity index is 2.53. The predicted molar refractivity (Wildman–Crippen MR) is 68.7 cm³/mol. The van der Waals surface area contributed by atoms with Crippen molar-refractivity contribution in [3.8, 4) is 0 Å². The van der Waals surface area contributed by atoms with Crippen molar-refractivity contribution in [3.63, 3.8) is 0 Å². The summed E-state index contributed by atoms with van der Waals surface area (Å²) >= 11 is 0. The molecular formula is C11H22N2O4S. The third-order valence-electron chi connectivity index (χ3n) is 3.01. The number of carbonyl (C=O) groups excluding carboxylic acids is 1. The van der Waals surface area contributed by atoms with Gasteiger partial charge in [0.1, 0.15) is 6.04 Å². The summed E-state index contributed by atoms with van der Waals surface area (Å²) in [6.07, 6.45) is 4.20. The average Bonchev–Trinajstić information content (AvgIpc) is 2.33. The minimum Gasteiger partial charge on any atom is -0.385 e. The summed E-state index contributed by atoms with van der Waals surface area (Å²) in [5.74, 6) is -0.198. The van der Waals surface area contributed by atoms with Crippen LogP contribution in [0.15, 0.2) is 0 Å². The van der Waals surface area contributed by atoms with Gasteiger partial charge in [-0.25, -0.2) is 8.42 Å². The first-order chi connectivity index (χ1) is 8.46. The number of carbonyl (C=O) groups is 1. The number of sulfonamides is 1. The molecule has 1 unspecified atom stereocenters. The molecule has 106 valence electrons. The van der Waals surface area contributed by atoms with Gasteiger partial charge in [0.15, 0.2) is 0 Å². The summed E-state index contributed by atoms with van der Waals surface area (Å²) in [5.41, 5.74) is 0. The van der Waals surface area contributed by atoms with E-state index in [2.05, 4.69) is 5.32 Å². The van der Waals surface area contributed by atoms with Gasteiger partial charge in [-0.15, -0.1) is 0 Å². The molecule has 18 heavy (non-hydrogen) atoms. The highest BCUT2D eigenvalue weighted by Crippen LogP contribution is 2.19. The molecule has 0 aromatic rings. The molecule has 1 N–H and O–H groups in total. The minimum absolute atomic E-state index is 0.198. The molecule has 1 saturated heterocycles. The van der Waals surface area contributed by atoms with E-state index in [0.717, 1.165) is 25.5 Å². The third kappa shape index (κ3) is 4.55. The second kappa shape index (κ2) is 7.06. The van der Waals surface area contributed by atoms with Crippen molar-refractivity contribution in [3.05, 3.63) is 0 Å². The van der Waals surface area contributed by atoms with Crippen LogP contribution in [0.1, 0.15) is 25.7 Å². The van der Waals surface area contributed by atoms with Crippen molar-refractivity contribution >= 4 is 15.9 Å². The molecule has 1 heterocycles. The zero-order valence-electron chi connectivity index (χ0n) is 11.0. The van der Waals surface area contributed by atoms with E-state index in [4.69, 9.17) is 4.74 Å². The summed E-state index contributed by atoms with van der Waals surface area (Å²) in [6.45, 7) is 1.54. The first kappa shape index (κ1) is 15.4. The molecule has 1 rings (SSSR count). The number of ether oxygens (including phenoxy) is 1. The van der Waals surface area contributed by atoms with Crippen LogP contribution in [0.25, 0.3) is 0 Å². The molecule has 0 spiro atoms. The predicted octanol–water partition coefficient (Wildman–Crippen LogP) is -0.0468. The van der Waals surface area contributed by atoms with Crippen molar-refractivity contribution in [1.29, 1.82) is 0 Å². The smallest absolute Gasteiger partial charge is 0.238 e. The van der Waals surface area contributed by atoms with Gasteiger partial charge in [-0.2, -0.15) is 4.31 Å². The van der Waals surface area contributed by atoms with Gasteiger partial charge in [0.2, 0.25) is 15.9 Å². The Morgan fingerprint density at radius 3 is 2.78 bits per heavy atom. The van der Waals surface area contributed by atoms with Crippen LogP contribution in [0.2, 0.25) is 0 Å². The van der Waals surface area contributed by atoms with Crippen LogP contribution in [0.3, 0.4) is 0 Å². The molecule has 1 amide bonds. The van der Waals surface area contributed by atoms with E-state index in [1.165, 1.54) is 4.31 Å². The number of nitrogens with zero attached hydrogens (tertiary/aromatic N) is 1. The number of methoxy groups -OCH3 is 1. The zero-order valence-corrected chi connectivity index (χ0v) is 11.8. The van der Waals surface area contributed by atoms with Gasteiger partial charge in [0.25, 0.3) is 0 Å². The highest BCUT2D eigenvalue weighted by molar-refractivity contribution is 7.88. The molecular weight excluding hydrogens is 256 g/mol. The number of rotatable bonds is 6. The number of piperidine rings is 1. The lowest BCUT2D eigenvalue weighted by Crippen LogP contribution is -2.51. The molecule has 1 aliphatic rings. The monoisotopic (exact) mass is 278 g/mol. The van der Waals surface area contributed by atoms with Crippen LogP contribution in [0, 0.1) is 0 Å². The summed E-state index contributed by atoms with van der Waals surface area (Å²) in [7, 11) is -1.70. The number of nitrogens with one attached hydrogen (secondary N) is 1. The average molecular weight is 278 g/mol. The molecule has 0 aliphatic carbocycles. The number of hydrogen-bond acceptors (Lipinski definition) is 4. The fraction of sp³-hybridized carbons (Fsp3) is 0.909. The second-order valence-electron chi connectivity index (χ2n) is 4.52. The van der Waals surface area contributed by atoms with Crippen LogP contribution in [-0.2, 0) is 19.6 Å².